The van der Waals surface area contributed by atoms with Gasteiger partial charge in [0, 0.05) is 6.42 Å². The molecule has 1 aliphatic rings. The highest BCUT2D eigenvalue weighted by molar-refractivity contribution is 5.85. The van der Waals surface area contributed by atoms with E-state index in [1.807, 2.05) is 20.8 Å². The van der Waals surface area contributed by atoms with Gasteiger partial charge >= 0.3 is 12.1 Å². The summed E-state index contributed by atoms with van der Waals surface area (Å²) < 4.78 is 11.0. The number of amides is 1. The second-order valence-corrected chi connectivity index (χ2v) is 7.61. The summed E-state index contributed by atoms with van der Waals surface area (Å²) in [5, 5.41) is 12.0. The Balaban J connectivity index is 2.74. The summed E-state index contributed by atoms with van der Waals surface area (Å²) in [6.07, 6.45) is 0.290. The zero-order chi connectivity index (χ0) is 16.5. The van der Waals surface area contributed by atoms with Gasteiger partial charge in [0.2, 0.25) is 0 Å². The van der Waals surface area contributed by atoms with Gasteiger partial charge in [-0.1, -0.05) is 0 Å². The second kappa shape index (κ2) is 5.83. The SMILES string of the molecule is CC(C)(C)OC(=O)NC1(C(=O)O)CCC(OC(C)(C)C)C1. The van der Waals surface area contributed by atoms with Crippen LogP contribution in [0.15, 0.2) is 0 Å². The van der Waals surface area contributed by atoms with Crippen molar-refractivity contribution in [2.75, 3.05) is 0 Å². The Labute approximate surface area is 126 Å². The number of carboxylic acid groups (broad SMARTS) is 1. The lowest BCUT2D eigenvalue weighted by molar-refractivity contribution is -0.145. The zero-order valence-corrected chi connectivity index (χ0v) is 13.8. The van der Waals surface area contributed by atoms with Gasteiger partial charge in [0.1, 0.15) is 11.1 Å². The minimum atomic E-state index is -1.31. The first-order chi connectivity index (χ1) is 9.33. The molecule has 122 valence electrons. The fourth-order valence-electron chi connectivity index (χ4n) is 2.46. The Hall–Kier alpha value is -1.30. The molecule has 2 N–H and O–H groups in total. The van der Waals surface area contributed by atoms with Crippen molar-refractivity contribution in [2.45, 2.75) is 83.6 Å². The molecule has 1 fully saturated rings. The topological polar surface area (TPSA) is 84.9 Å². The van der Waals surface area contributed by atoms with E-state index in [-0.39, 0.29) is 18.1 Å². The van der Waals surface area contributed by atoms with Crippen molar-refractivity contribution in [2.24, 2.45) is 0 Å². The Morgan fingerprint density at radius 2 is 1.71 bits per heavy atom. The molecule has 0 spiro atoms. The first-order valence-electron chi connectivity index (χ1n) is 7.25. The number of hydrogen-bond acceptors (Lipinski definition) is 4. The molecule has 0 aromatic carbocycles. The van der Waals surface area contributed by atoms with Gasteiger partial charge in [0.25, 0.3) is 0 Å². The fourth-order valence-corrected chi connectivity index (χ4v) is 2.46. The van der Waals surface area contributed by atoms with Gasteiger partial charge in [-0.2, -0.15) is 0 Å². The number of aliphatic carboxylic acids is 1. The van der Waals surface area contributed by atoms with E-state index in [9.17, 15) is 14.7 Å². The fraction of sp³-hybridized carbons (Fsp3) is 0.867. The number of carbonyl (C=O) groups excluding carboxylic acids is 1. The number of rotatable bonds is 3. The van der Waals surface area contributed by atoms with E-state index in [0.29, 0.717) is 12.8 Å². The minimum Gasteiger partial charge on any atom is -0.480 e. The van der Waals surface area contributed by atoms with Crippen molar-refractivity contribution in [1.82, 2.24) is 5.32 Å². The van der Waals surface area contributed by atoms with Crippen LogP contribution in [-0.4, -0.2) is 40.0 Å². The summed E-state index contributed by atoms with van der Waals surface area (Å²) in [4.78, 5) is 23.5. The third-order valence-electron chi connectivity index (χ3n) is 3.14. The highest BCUT2D eigenvalue weighted by Crippen LogP contribution is 2.34. The summed E-state index contributed by atoms with van der Waals surface area (Å²) in [6.45, 7) is 11.0. The van der Waals surface area contributed by atoms with Crippen LogP contribution < -0.4 is 5.32 Å². The molecule has 0 radical (unpaired) electrons. The van der Waals surface area contributed by atoms with E-state index >= 15 is 0 Å². The quantitative estimate of drug-likeness (QED) is 0.837. The van der Waals surface area contributed by atoms with Gasteiger partial charge in [-0.15, -0.1) is 0 Å². The van der Waals surface area contributed by atoms with E-state index in [1.54, 1.807) is 20.8 Å². The van der Waals surface area contributed by atoms with Gasteiger partial charge < -0.3 is 19.9 Å². The molecule has 1 rings (SSSR count). The van der Waals surface area contributed by atoms with Gasteiger partial charge in [-0.05, 0) is 54.4 Å². The zero-order valence-electron chi connectivity index (χ0n) is 13.8. The average molecular weight is 301 g/mol. The molecule has 0 aromatic rings. The maximum absolute atomic E-state index is 11.9. The van der Waals surface area contributed by atoms with Crippen LogP contribution >= 0.6 is 0 Å². The molecule has 1 aliphatic carbocycles. The standard InChI is InChI=1S/C15H27NO5/c1-13(2,3)20-10-7-8-15(9-10,11(17)18)16-12(19)21-14(4,5)6/h10H,7-9H2,1-6H3,(H,16,19)(H,17,18). The van der Waals surface area contributed by atoms with Crippen LogP contribution in [0.25, 0.3) is 0 Å². The van der Waals surface area contributed by atoms with Crippen LogP contribution in [0.4, 0.5) is 4.79 Å². The Bertz CT molecular complexity index is 407. The summed E-state index contributed by atoms with van der Waals surface area (Å²) in [5.41, 5.74) is -2.31. The monoisotopic (exact) mass is 301 g/mol. The number of carbonyl (C=O) groups is 2. The normalized spacial score (nSPS) is 26.5. The van der Waals surface area contributed by atoms with Crippen LogP contribution in [0.1, 0.15) is 60.8 Å². The summed E-state index contributed by atoms with van der Waals surface area (Å²) in [7, 11) is 0. The van der Waals surface area contributed by atoms with Crippen LogP contribution in [0.3, 0.4) is 0 Å². The maximum atomic E-state index is 11.9. The third kappa shape index (κ3) is 5.53. The Morgan fingerprint density at radius 1 is 1.14 bits per heavy atom. The van der Waals surface area contributed by atoms with Gasteiger partial charge in [0.15, 0.2) is 0 Å². The first kappa shape index (κ1) is 17.8. The van der Waals surface area contributed by atoms with Crippen LogP contribution in [0, 0.1) is 0 Å². The molecule has 2 atom stereocenters. The lowest BCUT2D eigenvalue weighted by atomic mass is 9.98. The highest BCUT2D eigenvalue weighted by Gasteiger charge is 2.48. The predicted molar refractivity (Wildman–Crippen MR) is 78.2 cm³/mol. The third-order valence-corrected chi connectivity index (χ3v) is 3.14. The van der Waals surface area contributed by atoms with Crippen molar-refractivity contribution in [3.05, 3.63) is 0 Å². The minimum absolute atomic E-state index is 0.184. The number of ether oxygens (including phenoxy) is 2. The van der Waals surface area contributed by atoms with Crippen molar-refractivity contribution in [1.29, 1.82) is 0 Å². The number of alkyl carbamates (subject to hydrolysis) is 1. The second-order valence-electron chi connectivity index (χ2n) is 7.61. The van der Waals surface area contributed by atoms with E-state index in [0.717, 1.165) is 0 Å². The molecular weight excluding hydrogens is 274 g/mol. The average Bonchev–Trinajstić information content (AvgIpc) is 2.56. The number of carboxylic acids is 1. The molecular formula is C15H27NO5. The van der Waals surface area contributed by atoms with E-state index < -0.39 is 23.2 Å². The molecule has 6 nitrogen and oxygen atoms in total. The van der Waals surface area contributed by atoms with Crippen LogP contribution in [0.2, 0.25) is 0 Å². The highest BCUT2D eigenvalue weighted by atomic mass is 16.6. The van der Waals surface area contributed by atoms with Crippen molar-refractivity contribution < 1.29 is 24.2 Å². The first-order valence-corrected chi connectivity index (χ1v) is 7.25. The largest absolute Gasteiger partial charge is 0.480 e. The molecule has 6 heteroatoms. The lowest BCUT2D eigenvalue weighted by Crippen LogP contribution is -2.54. The Morgan fingerprint density at radius 3 is 2.14 bits per heavy atom. The van der Waals surface area contributed by atoms with Crippen molar-refractivity contribution >= 4 is 12.1 Å². The van der Waals surface area contributed by atoms with Gasteiger partial charge in [-0.3, -0.25) is 0 Å². The molecule has 1 saturated carbocycles. The van der Waals surface area contributed by atoms with E-state index in [1.165, 1.54) is 0 Å². The number of hydrogen-bond donors (Lipinski definition) is 2. The van der Waals surface area contributed by atoms with E-state index in [4.69, 9.17) is 9.47 Å². The summed E-state index contributed by atoms with van der Waals surface area (Å²) in [5.74, 6) is -1.05. The number of nitrogens with one attached hydrogen (secondary N) is 1. The lowest BCUT2D eigenvalue weighted by Gasteiger charge is -2.29. The summed E-state index contributed by atoms with van der Waals surface area (Å²) in [6, 6.07) is 0. The van der Waals surface area contributed by atoms with E-state index in [2.05, 4.69) is 5.32 Å². The molecule has 0 saturated heterocycles. The molecule has 0 aliphatic heterocycles. The molecule has 2 unspecified atom stereocenters. The smallest absolute Gasteiger partial charge is 0.408 e. The molecule has 0 heterocycles. The summed E-state index contributed by atoms with van der Waals surface area (Å²) >= 11 is 0. The van der Waals surface area contributed by atoms with Crippen molar-refractivity contribution in [3.63, 3.8) is 0 Å². The maximum Gasteiger partial charge on any atom is 0.408 e. The van der Waals surface area contributed by atoms with Crippen LogP contribution in [0.5, 0.6) is 0 Å². The molecule has 1 amide bonds. The van der Waals surface area contributed by atoms with Crippen molar-refractivity contribution in [3.8, 4) is 0 Å². The van der Waals surface area contributed by atoms with Gasteiger partial charge in [0.05, 0.1) is 11.7 Å². The Kier molecular flexibility index (Phi) is 4.93. The predicted octanol–water partition coefficient (Wildman–Crippen LogP) is 2.70. The molecule has 21 heavy (non-hydrogen) atoms. The van der Waals surface area contributed by atoms with Crippen LogP contribution in [-0.2, 0) is 14.3 Å². The molecule has 0 bridgehead atoms. The molecule has 0 aromatic heterocycles. The van der Waals surface area contributed by atoms with Gasteiger partial charge in [-0.25, -0.2) is 9.59 Å².